The second-order valence-corrected chi connectivity index (χ2v) is 4.23. The van der Waals surface area contributed by atoms with Gasteiger partial charge in [-0.2, -0.15) is 0 Å². The zero-order valence-corrected chi connectivity index (χ0v) is 8.69. The first kappa shape index (κ1) is 10.4. The van der Waals surface area contributed by atoms with Crippen molar-refractivity contribution in [3.63, 3.8) is 0 Å². The predicted octanol–water partition coefficient (Wildman–Crippen LogP) is 0.429. The molecule has 0 spiro atoms. The maximum atomic E-state index is 11.5. The third-order valence-corrected chi connectivity index (χ3v) is 3.35. The van der Waals surface area contributed by atoms with E-state index in [9.17, 15) is 9.59 Å². The molecule has 1 aliphatic carbocycles. The molecule has 4 nitrogen and oxygen atoms in total. The Kier molecular flexibility index (Phi) is 2.86. The highest BCUT2D eigenvalue weighted by molar-refractivity contribution is 6.13. The van der Waals surface area contributed by atoms with Gasteiger partial charge < -0.3 is 5.73 Å². The second-order valence-electron chi connectivity index (χ2n) is 4.23. The highest BCUT2D eigenvalue weighted by Gasteiger charge is 2.36. The minimum Gasteiger partial charge on any atom is -0.330 e. The van der Waals surface area contributed by atoms with Crippen molar-refractivity contribution in [3.8, 4) is 0 Å². The first-order chi connectivity index (χ1) is 7.24. The highest BCUT2D eigenvalue weighted by Crippen LogP contribution is 2.29. The number of hydrogen-bond donors (Lipinski definition) is 1. The zero-order chi connectivity index (χ0) is 10.8. The molecule has 0 bridgehead atoms. The summed E-state index contributed by atoms with van der Waals surface area (Å²) in [5.74, 6) is -0.0674. The Bertz CT molecular complexity index is 294. The summed E-state index contributed by atoms with van der Waals surface area (Å²) in [6.07, 6.45) is 6.87. The Hall–Kier alpha value is -1.16. The van der Waals surface area contributed by atoms with Crippen molar-refractivity contribution < 1.29 is 9.59 Å². The standard InChI is InChI=1S/C11H16N2O2/c12-7-8-3-1-2-4-9(8)13-10(14)5-6-11(13)15/h5-6,8-9H,1-4,7,12H2. The minimum atomic E-state index is -0.176. The van der Waals surface area contributed by atoms with E-state index >= 15 is 0 Å². The van der Waals surface area contributed by atoms with Crippen LogP contribution < -0.4 is 5.73 Å². The molecule has 15 heavy (non-hydrogen) atoms. The van der Waals surface area contributed by atoms with Gasteiger partial charge in [-0.05, 0) is 25.3 Å². The Morgan fingerprint density at radius 2 is 1.80 bits per heavy atom. The van der Waals surface area contributed by atoms with Crippen LogP contribution in [0.15, 0.2) is 12.2 Å². The number of rotatable bonds is 2. The second kappa shape index (κ2) is 4.14. The van der Waals surface area contributed by atoms with Crippen LogP contribution in [0.2, 0.25) is 0 Å². The zero-order valence-electron chi connectivity index (χ0n) is 8.69. The number of nitrogens with two attached hydrogens (primary N) is 1. The number of nitrogens with zero attached hydrogens (tertiary/aromatic N) is 1. The van der Waals surface area contributed by atoms with Crippen LogP contribution in [0.4, 0.5) is 0 Å². The average molecular weight is 208 g/mol. The number of carbonyl (C=O) groups is 2. The molecular weight excluding hydrogens is 192 g/mol. The smallest absolute Gasteiger partial charge is 0.253 e. The summed E-state index contributed by atoms with van der Waals surface area (Å²) in [4.78, 5) is 24.4. The molecule has 0 aromatic heterocycles. The largest absolute Gasteiger partial charge is 0.330 e. The molecule has 2 N–H and O–H groups in total. The fourth-order valence-electron chi connectivity index (χ4n) is 2.54. The van der Waals surface area contributed by atoms with Crippen LogP contribution >= 0.6 is 0 Å². The van der Waals surface area contributed by atoms with Crippen LogP contribution in [0.5, 0.6) is 0 Å². The van der Waals surface area contributed by atoms with Crippen molar-refractivity contribution in [3.05, 3.63) is 12.2 Å². The van der Waals surface area contributed by atoms with E-state index in [0.29, 0.717) is 6.54 Å². The van der Waals surface area contributed by atoms with Gasteiger partial charge >= 0.3 is 0 Å². The molecule has 2 rings (SSSR count). The van der Waals surface area contributed by atoms with Crippen LogP contribution in [0, 0.1) is 5.92 Å². The van der Waals surface area contributed by atoms with Crippen molar-refractivity contribution >= 4 is 11.8 Å². The van der Waals surface area contributed by atoms with E-state index in [-0.39, 0.29) is 23.8 Å². The van der Waals surface area contributed by atoms with Gasteiger partial charge in [-0.3, -0.25) is 14.5 Å². The highest BCUT2D eigenvalue weighted by atomic mass is 16.2. The van der Waals surface area contributed by atoms with E-state index < -0.39 is 0 Å². The number of hydrogen-bond acceptors (Lipinski definition) is 3. The first-order valence-electron chi connectivity index (χ1n) is 5.49. The Morgan fingerprint density at radius 1 is 1.20 bits per heavy atom. The van der Waals surface area contributed by atoms with Crippen LogP contribution in [0.1, 0.15) is 25.7 Å². The van der Waals surface area contributed by atoms with Gasteiger partial charge in [-0.15, -0.1) is 0 Å². The molecule has 82 valence electrons. The molecule has 2 aliphatic rings. The van der Waals surface area contributed by atoms with Crippen molar-refractivity contribution in [2.45, 2.75) is 31.7 Å². The SMILES string of the molecule is NCC1CCCCC1N1C(=O)C=CC1=O. The van der Waals surface area contributed by atoms with E-state index in [2.05, 4.69) is 0 Å². The fourth-order valence-corrected chi connectivity index (χ4v) is 2.54. The van der Waals surface area contributed by atoms with Crippen molar-refractivity contribution in [2.24, 2.45) is 11.7 Å². The summed E-state index contributed by atoms with van der Waals surface area (Å²) >= 11 is 0. The lowest BCUT2D eigenvalue weighted by molar-refractivity contribution is -0.141. The number of carbonyl (C=O) groups excluding carboxylic acids is 2. The Balaban J connectivity index is 2.14. The normalized spacial score (nSPS) is 31.4. The van der Waals surface area contributed by atoms with Gasteiger partial charge in [0.15, 0.2) is 0 Å². The minimum absolute atomic E-state index is 0.0266. The molecule has 1 aliphatic heterocycles. The molecule has 0 aromatic carbocycles. The summed E-state index contributed by atoms with van der Waals surface area (Å²) in [5.41, 5.74) is 5.68. The van der Waals surface area contributed by atoms with Gasteiger partial charge in [0, 0.05) is 18.2 Å². The van der Waals surface area contributed by atoms with Crippen LogP contribution in [-0.4, -0.2) is 29.3 Å². The monoisotopic (exact) mass is 208 g/mol. The topological polar surface area (TPSA) is 63.4 Å². The Labute approximate surface area is 89.1 Å². The molecule has 1 fully saturated rings. The van der Waals surface area contributed by atoms with Crippen LogP contribution in [0.3, 0.4) is 0 Å². The van der Waals surface area contributed by atoms with Gasteiger partial charge in [0.2, 0.25) is 0 Å². The van der Waals surface area contributed by atoms with Gasteiger partial charge in [0.05, 0.1) is 0 Å². The molecule has 2 unspecified atom stereocenters. The van der Waals surface area contributed by atoms with E-state index in [1.54, 1.807) is 0 Å². The molecule has 1 saturated carbocycles. The molecular formula is C11H16N2O2. The Morgan fingerprint density at radius 3 is 2.40 bits per heavy atom. The molecule has 0 radical (unpaired) electrons. The molecule has 2 amide bonds. The first-order valence-corrected chi connectivity index (χ1v) is 5.49. The van der Waals surface area contributed by atoms with E-state index in [4.69, 9.17) is 5.73 Å². The summed E-state index contributed by atoms with van der Waals surface area (Å²) < 4.78 is 0. The third-order valence-electron chi connectivity index (χ3n) is 3.35. The third kappa shape index (κ3) is 1.81. The quantitative estimate of drug-likeness (QED) is 0.669. The average Bonchev–Trinajstić information content (AvgIpc) is 2.59. The molecule has 2 atom stereocenters. The van der Waals surface area contributed by atoms with Crippen LogP contribution in [-0.2, 0) is 9.59 Å². The van der Waals surface area contributed by atoms with Crippen LogP contribution in [0.25, 0.3) is 0 Å². The van der Waals surface area contributed by atoms with Crippen molar-refractivity contribution in [1.29, 1.82) is 0 Å². The summed E-state index contributed by atoms with van der Waals surface area (Å²) in [7, 11) is 0. The molecule has 0 saturated heterocycles. The van der Waals surface area contributed by atoms with Gasteiger partial charge in [0.25, 0.3) is 11.8 Å². The summed E-state index contributed by atoms with van der Waals surface area (Å²) in [6.45, 7) is 0.557. The lowest BCUT2D eigenvalue weighted by Gasteiger charge is -2.36. The predicted molar refractivity (Wildman–Crippen MR) is 55.8 cm³/mol. The van der Waals surface area contributed by atoms with E-state index in [1.165, 1.54) is 17.1 Å². The van der Waals surface area contributed by atoms with E-state index in [0.717, 1.165) is 25.7 Å². The summed E-state index contributed by atoms with van der Waals surface area (Å²) in [6, 6.07) is 0.0266. The van der Waals surface area contributed by atoms with Gasteiger partial charge in [-0.25, -0.2) is 0 Å². The maximum absolute atomic E-state index is 11.5. The van der Waals surface area contributed by atoms with Gasteiger partial charge in [0.1, 0.15) is 0 Å². The maximum Gasteiger partial charge on any atom is 0.253 e. The van der Waals surface area contributed by atoms with E-state index in [1.807, 2.05) is 0 Å². The lowest BCUT2D eigenvalue weighted by atomic mass is 9.83. The lowest BCUT2D eigenvalue weighted by Crippen LogP contribution is -2.47. The molecule has 1 heterocycles. The fraction of sp³-hybridized carbons (Fsp3) is 0.636. The molecule has 4 heteroatoms. The van der Waals surface area contributed by atoms with Gasteiger partial charge in [-0.1, -0.05) is 12.8 Å². The van der Waals surface area contributed by atoms with Crippen molar-refractivity contribution in [2.75, 3.05) is 6.54 Å². The summed E-state index contributed by atoms with van der Waals surface area (Å²) in [5, 5.41) is 0. The number of imide groups is 1. The molecule has 0 aromatic rings. The van der Waals surface area contributed by atoms with Crippen molar-refractivity contribution in [1.82, 2.24) is 4.90 Å². The number of amides is 2.